The Morgan fingerprint density at radius 1 is 1.47 bits per heavy atom. The van der Waals surface area contributed by atoms with Gasteiger partial charge < -0.3 is 0 Å². The van der Waals surface area contributed by atoms with Gasteiger partial charge in [-0.05, 0) is 18.4 Å². The second kappa shape index (κ2) is 5.26. The zero-order valence-corrected chi connectivity index (χ0v) is 9.41. The molecule has 82 valence electrons. The van der Waals surface area contributed by atoms with Crippen LogP contribution in [0.4, 0.5) is 8.78 Å². The highest BCUT2D eigenvalue weighted by Gasteiger charge is 2.13. The number of rotatable bonds is 4. The average Bonchev–Trinajstić information content (AvgIpc) is 2.27. The summed E-state index contributed by atoms with van der Waals surface area (Å²) in [4.78, 5) is 12.1. The van der Waals surface area contributed by atoms with Gasteiger partial charge >= 0.3 is 0 Å². The molecule has 0 N–H and O–H groups in total. The topological polar surface area (TPSA) is 17.1 Å². The van der Waals surface area contributed by atoms with Crippen molar-refractivity contribution in [2.75, 3.05) is 6.26 Å². The van der Waals surface area contributed by atoms with Gasteiger partial charge in [-0.1, -0.05) is 13.0 Å². The number of halogens is 2. The second-order valence-electron chi connectivity index (χ2n) is 3.04. The lowest BCUT2D eigenvalue weighted by molar-refractivity contribution is 0.0984. The molecule has 0 atom stereocenters. The molecule has 0 amide bonds. The maximum atomic E-state index is 12.4. The lowest BCUT2D eigenvalue weighted by Crippen LogP contribution is -2.00. The van der Waals surface area contributed by atoms with E-state index in [2.05, 4.69) is 0 Å². The smallest absolute Gasteiger partial charge is 0.263 e. The number of hydrogen-bond donors (Lipinski definition) is 0. The first kappa shape index (κ1) is 12.2. The van der Waals surface area contributed by atoms with Gasteiger partial charge in [-0.25, -0.2) is 8.78 Å². The number of Topliss-reactive ketones (excluding diaryl/α,β-unsaturated/α-hetero) is 1. The fourth-order valence-electron chi connectivity index (χ4n) is 1.26. The Hall–Kier alpha value is -0.900. The maximum Gasteiger partial charge on any atom is 0.263 e. The molecule has 0 saturated carbocycles. The summed E-state index contributed by atoms with van der Waals surface area (Å²) in [6, 6.07) is 4.19. The summed E-state index contributed by atoms with van der Waals surface area (Å²) in [7, 11) is 0. The monoisotopic (exact) mass is 230 g/mol. The van der Waals surface area contributed by atoms with Gasteiger partial charge in [-0.3, -0.25) is 4.79 Å². The van der Waals surface area contributed by atoms with Crippen molar-refractivity contribution < 1.29 is 13.6 Å². The molecule has 0 heterocycles. The number of benzene rings is 1. The number of thioether (sulfide) groups is 1. The molecule has 0 aliphatic heterocycles. The van der Waals surface area contributed by atoms with Crippen molar-refractivity contribution in [3.05, 3.63) is 29.3 Å². The van der Waals surface area contributed by atoms with Crippen LogP contribution < -0.4 is 0 Å². The minimum atomic E-state index is -2.48. The minimum Gasteiger partial charge on any atom is -0.294 e. The average molecular weight is 230 g/mol. The molecule has 0 unspecified atom stereocenters. The Morgan fingerprint density at radius 3 is 2.60 bits per heavy atom. The number of carbonyl (C=O) groups is 1. The SMILES string of the molecule is CCC(=O)c1ccc(C(F)F)cc1SC. The van der Waals surface area contributed by atoms with Crippen LogP contribution in [-0.2, 0) is 0 Å². The molecular weight excluding hydrogens is 218 g/mol. The van der Waals surface area contributed by atoms with E-state index in [4.69, 9.17) is 0 Å². The third-order valence-electron chi connectivity index (χ3n) is 2.10. The van der Waals surface area contributed by atoms with Crippen molar-refractivity contribution in [2.45, 2.75) is 24.7 Å². The van der Waals surface area contributed by atoms with E-state index in [1.807, 2.05) is 0 Å². The molecule has 0 radical (unpaired) electrons. The van der Waals surface area contributed by atoms with Crippen LogP contribution >= 0.6 is 11.8 Å². The molecule has 0 bridgehead atoms. The van der Waals surface area contributed by atoms with Crippen molar-refractivity contribution in [2.24, 2.45) is 0 Å². The highest BCUT2D eigenvalue weighted by molar-refractivity contribution is 7.98. The fraction of sp³-hybridized carbons (Fsp3) is 0.364. The predicted octanol–water partition coefficient (Wildman–Crippen LogP) is 3.94. The molecule has 15 heavy (non-hydrogen) atoms. The van der Waals surface area contributed by atoms with E-state index in [1.54, 1.807) is 13.2 Å². The van der Waals surface area contributed by atoms with E-state index in [-0.39, 0.29) is 11.3 Å². The van der Waals surface area contributed by atoms with Gasteiger partial charge in [0.25, 0.3) is 6.43 Å². The molecule has 0 spiro atoms. The van der Waals surface area contributed by atoms with Gasteiger partial charge in [0.2, 0.25) is 0 Å². The van der Waals surface area contributed by atoms with Crippen LogP contribution in [0.2, 0.25) is 0 Å². The van der Waals surface area contributed by atoms with E-state index in [0.29, 0.717) is 16.9 Å². The highest BCUT2D eigenvalue weighted by atomic mass is 32.2. The van der Waals surface area contributed by atoms with Crippen molar-refractivity contribution in [1.82, 2.24) is 0 Å². The summed E-state index contributed by atoms with van der Waals surface area (Å²) < 4.78 is 24.8. The summed E-state index contributed by atoms with van der Waals surface area (Å²) in [5, 5.41) is 0. The van der Waals surface area contributed by atoms with Crippen molar-refractivity contribution >= 4 is 17.5 Å². The van der Waals surface area contributed by atoms with Gasteiger partial charge in [0.05, 0.1) is 0 Å². The van der Waals surface area contributed by atoms with Crippen LogP contribution in [0, 0.1) is 0 Å². The van der Waals surface area contributed by atoms with Gasteiger partial charge in [0.15, 0.2) is 5.78 Å². The van der Waals surface area contributed by atoms with Crippen molar-refractivity contribution in [1.29, 1.82) is 0 Å². The zero-order chi connectivity index (χ0) is 11.4. The lowest BCUT2D eigenvalue weighted by atomic mass is 10.1. The Morgan fingerprint density at radius 2 is 2.13 bits per heavy atom. The molecule has 0 saturated heterocycles. The van der Waals surface area contributed by atoms with E-state index in [0.717, 1.165) is 0 Å². The first-order valence-electron chi connectivity index (χ1n) is 4.59. The normalized spacial score (nSPS) is 10.7. The van der Waals surface area contributed by atoms with E-state index >= 15 is 0 Å². The lowest BCUT2D eigenvalue weighted by Gasteiger charge is -2.07. The summed E-state index contributed by atoms with van der Waals surface area (Å²) in [5.74, 6) is -0.0137. The molecule has 4 heteroatoms. The standard InChI is InChI=1S/C11H12F2OS/c1-3-9(14)8-5-4-7(11(12)13)6-10(8)15-2/h4-6,11H,3H2,1-2H3. The number of alkyl halides is 2. The molecule has 0 aliphatic rings. The van der Waals surface area contributed by atoms with Gasteiger partial charge in [0.1, 0.15) is 0 Å². The first-order chi connectivity index (χ1) is 7.10. The summed E-state index contributed by atoms with van der Waals surface area (Å²) in [6.07, 6.45) is -0.319. The van der Waals surface area contributed by atoms with Gasteiger partial charge in [0, 0.05) is 22.4 Å². The largest absolute Gasteiger partial charge is 0.294 e. The predicted molar refractivity (Wildman–Crippen MR) is 57.8 cm³/mol. The Balaban J connectivity index is 3.15. The third-order valence-corrected chi connectivity index (χ3v) is 2.88. The Labute approximate surface area is 91.9 Å². The van der Waals surface area contributed by atoms with Crippen LogP contribution in [0.1, 0.15) is 35.7 Å². The Kier molecular flexibility index (Phi) is 4.27. The number of carbonyl (C=O) groups excluding carboxylic acids is 1. The van der Waals surface area contributed by atoms with Gasteiger partial charge in [-0.2, -0.15) is 0 Å². The summed E-state index contributed by atoms with van der Waals surface area (Å²) in [5.41, 5.74) is 0.501. The number of hydrogen-bond acceptors (Lipinski definition) is 2. The fourth-order valence-corrected chi connectivity index (χ4v) is 1.92. The third kappa shape index (κ3) is 2.78. The Bertz CT molecular complexity index is 364. The first-order valence-corrected chi connectivity index (χ1v) is 5.82. The molecule has 1 nitrogen and oxygen atoms in total. The number of ketones is 1. The van der Waals surface area contributed by atoms with Crippen molar-refractivity contribution in [3.63, 3.8) is 0 Å². The van der Waals surface area contributed by atoms with Crippen LogP contribution in [0.5, 0.6) is 0 Å². The zero-order valence-electron chi connectivity index (χ0n) is 8.59. The second-order valence-corrected chi connectivity index (χ2v) is 3.89. The summed E-state index contributed by atoms with van der Waals surface area (Å²) in [6.45, 7) is 1.76. The minimum absolute atomic E-state index is 0.0137. The molecule has 0 aliphatic carbocycles. The molecule has 1 aromatic rings. The van der Waals surface area contributed by atoms with Crippen molar-refractivity contribution in [3.8, 4) is 0 Å². The van der Waals surface area contributed by atoms with E-state index in [9.17, 15) is 13.6 Å². The van der Waals surface area contributed by atoms with Crippen LogP contribution in [-0.4, -0.2) is 12.0 Å². The quantitative estimate of drug-likeness (QED) is 0.575. The maximum absolute atomic E-state index is 12.4. The van der Waals surface area contributed by atoms with Crippen LogP contribution in [0.25, 0.3) is 0 Å². The highest BCUT2D eigenvalue weighted by Crippen LogP contribution is 2.27. The molecule has 0 fully saturated rings. The van der Waals surface area contributed by atoms with E-state index in [1.165, 1.54) is 30.0 Å². The molecule has 1 aromatic carbocycles. The summed E-state index contributed by atoms with van der Waals surface area (Å²) >= 11 is 1.32. The molecular formula is C11H12F2OS. The van der Waals surface area contributed by atoms with Crippen LogP contribution in [0.3, 0.4) is 0 Å². The molecule has 1 rings (SSSR count). The van der Waals surface area contributed by atoms with E-state index < -0.39 is 6.43 Å². The van der Waals surface area contributed by atoms with Gasteiger partial charge in [-0.15, -0.1) is 11.8 Å². The van der Waals surface area contributed by atoms with Crippen LogP contribution in [0.15, 0.2) is 23.1 Å². The molecule has 0 aromatic heterocycles.